The molecule has 3 rings (SSSR count). The van der Waals surface area contributed by atoms with Gasteiger partial charge in [-0.05, 0) is 18.2 Å². The molecule has 1 aromatic heterocycles. The Kier molecular flexibility index (Phi) is 2.90. The van der Waals surface area contributed by atoms with Crippen molar-refractivity contribution in [2.24, 2.45) is 0 Å². The van der Waals surface area contributed by atoms with Crippen molar-refractivity contribution in [1.29, 1.82) is 0 Å². The van der Waals surface area contributed by atoms with E-state index in [4.69, 9.17) is 9.52 Å². The number of nitrogens with zero attached hydrogens (tertiary/aromatic N) is 1. The van der Waals surface area contributed by atoms with E-state index in [1.165, 1.54) is 18.2 Å². The zero-order chi connectivity index (χ0) is 15.1. The van der Waals surface area contributed by atoms with Gasteiger partial charge < -0.3 is 9.52 Å². The van der Waals surface area contributed by atoms with Gasteiger partial charge >= 0.3 is 5.97 Å². The van der Waals surface area contributed by atoms with Crippen LogP contribution in [-0.4, -0.2) is 16.1 Å². The molecule has 0 aliphatic heterocycles. The predicted octanol–water partition coefficient (Wildman–Crippen LogP) is 3.61. The van der Waals surface area contributed by atoms with Gasteiger partial charge in [0.2, 0.25) is 5.89 Å². The summed E-state index contributed by atoms with van der Waals surface area (Å²) >= 11 is 0. The average molecular weight is 293 g/mol. The summed E-state index contributed by atoms with van der Waals surface area (Å²) in [7, 11) is 0. The first-order valence-electron chi connectivity index (χ1n) is 5.74. The van der Waals surface area contributed by atoms with Crippen molar-refractivity contribution >= 4 is 17.1 Å². The van der Waals surface area contributed by atoms with Crippen LogP contribution in [0.1, 0.15) is 10.4 Å². The predicted molar refractivity (Wildman–Crippen MR) is 66.3 cm³/mol. The molecule has 7 heteroatoms. The van der Waals surface area contributed by atoms with E-state index in [2.05, 4.69) is 4.98 Å². The number of aromatic carboxylic acids is 1. The molecule has 0 aliphatic rings. The summed E-state index contributed by atoms with van der Waals surface area (Å²) < 4.78 is 45.4. The van der Waals surface area contributed by atoms with Crippen molar-refractivity contribution in [3.63, 3.8) is 0 Å². The Bertz CT molecular complexity index is 850. The molecule has 0 unspecified atom stereocenters. The van der Waals surface area contributed by atoms with E-state index in [1.54, 1.807) is 0 Å². The van der Waals surface area contributed by atoms with Crippen LogP contribution in [0.2, 0.25) is 0 Å². The molecule has 0 atom stereocenters. The smallest absolute Gasteiger partial charge is 0.335 e. The highest BCUT2D eigenvalue weighted by atomic mass is 19.1. The molecule has 0 amide bonds. The molecule has 0 saturated carbocycles. The molecule has 1 heterocycles. The first-order valence-corrected chi connectivity index (χ1v) is 5.74. The lowest BCUT2D eigenvalue weighted by molar-refractivity contribution is 0.0697. The molecule has 21 heavy (non-hydrogen) atoms. The van der Waals surface area contributed by atoms with Gasteiger partial charge in [-0.25, -0.2) is 22.9 Å². The van der Waals surface area contributed by atoms with E-state index in [9.17, 15) is 18.0 Å². The van der Waals surface area contributed by atoms with Gasteiger partial charge in [0.25, 0.3) is 0 Å². The zero-order valence-electron chi connectivity index (χ0n) is 10.2. The van der Waals surface area contributed by atoms with Crippen LogP contribution in [-0.2, 0) is 0 Å². The molecule has 2 aromatic carbocycles. The maximum Gasteiger partial charge on any atom is 0.335 e. The van der Waals surface area contributed by atoms with Crippen LogP contribution in [0.4, 0.5) is 13.2 Å². The molecule has 0 aliphatic carbocycles. The van der Waals surface area contributed by atoms with E-state index in [0.717, 1.165) is 0 Å². The van der Waals surface area contributed by atoms with Gasteiger partial charge in [-0.15, -0.1) is 0 Å². The van der Waals surface area contributed by atoms with Crippen molar-refractivity contribution < 1.29 is 27.5 Å². The third-order valence-electron chi connectivity index (χ3n) is 2.86. The Morgan fingerprint density at radius 3 is 2.38 bits per heavy atom. The van der Waals surface area contributed by atoms with Crippen molar-refractivity contribution in [3.05, 3.63) is 53.3 Å². The topological polar surface area (TPSA) is 63.3 Å². The third kappa shape index (κ3) is 2.22. The number of oxazole rings is 1. The normalized spacial score (nSPS) is 11.0. The molecular formula is C14H6F3NO3. The fourth-order valence-corrected chi connectivity index (χ4v) is 1.91. The van der Waals surface area contributed by atoms with Crippen molar-refractivity contribution in [2.75, 3.05) is 0 Å². The third-order valence-corrected chi connectivity index (χ3v) is 2.86. The minimum absolute atomic E-state index is 0.0507. The summed E-state index contributed by atoms with van der Waals surface area (Å²) in [5, 5.41) is 8.86. The van der Waals surface area contributed by atoms with Crippen LogP contribution in [0, 0.1) is 17.5 Å². The Morgan fingerprint density at radius 1 is 1.10 bits per heavy atom. The standard InChI is InChI=1S/C14H6F3NO3/c15-7-4-8(16)12(9(17)5-7)13-18-10-2-1-6(14(19)20)3-11(10)21-13/h1-5H,(H,19,20). The van der Waals surface area contributed by atoms with Crippen molar-refractivity contribution in [1.82, 2.24) is 4.98 Å². The van der Waals surface area contributed by atoms with Crippen LogP contribution in [0.3, 0.4) is 0 Å². The summed E-state index contributed by atoms with van der Waals surface area (Å²) in [6.45, 7) is 0. The lowest BCUT2D eigenvalue weighted by Gasteiger charge is -2.00. The second kappa shape index (κ2) is 4.62. The molecule has 106 valence electrons. The highest BCUT2D eigenvalue weighted by molar-refractivity contribution is 5.92. The number of rotatable bonds is 2. The maximum atomic E-state index is 13.7. The number of hydrogen-bond donors (Lipinski definition) is 1. The summed E-state index contributed by atoms with van der Waals surface area (Å²) in [6, 6.07) is 4.85. The fraction of sp³-hybridized carbons (Fsp3) is 0. The molecule has 0 fully saturated rings. The first-order chi connectivity index (χ1) is 9.95. The molecule has 0 saturated heterocycles. The minimum Gasteiger partial charge on any atom is -0.478 e. The second-order valence-corrected chi connectivity index (χ2v) is 4.25. The monoisotopic (exact) mass is 293 g/mol. The molecule has 4 nitrogen and oxygen atoms in total. The number of hydrogen-bond acceptors (Lipinski definition) is 3. The van der Waals surface area contributed by atoms with Crippen molar-refractivity contribution in [3.8, 4) is 11.5 Å². The number of aromatic nitrogens is 1. The number of halogens is 3. The van der Waals surface area contributed by atoms with Gasteiger partial charge in [0.1, 0.15) is 28.5 Å². The van der Waals surface area contributed by atoms with Gasteiger partial charge in [-0.2, -0.15) is 0 Å². The lowest BCUT2D eigenvalue weighted by Crippen LogP contribution is -1.94. The van der Waals surface area contributed by atoms with Gasteiger partial charge in [0.05, 0.1) is 5.56 Å². The molecule has 3 aromatic rings. The number of carbonyl (C=O) groups is 1. The van der Waals surface area contributed by atoms with E-state index < -0.39 is 29.0 Å². The summed E-state index contributed by atoms with van der Waals surface area (Å²) in [6.07, 6.45) is 0. The van der Waals surface area contributed by atoms with Crippen molar-refractivity contribution in [2.45, 2.75) is 0 Å². The fourth-order valence-electron chi connectivity index (χ4n) is 1.91. The Labute approximate surface area is 115 Å². The highest BCUT2D eigenvalue weighted by Gasteiger charge is 2.19. The summed E-state index contributed by atoms with van der Waals surface area (Å²) in [4.78, 5) is 14.7. The first kappa shape index (κ1) is 13.2. The largest absolute Gasteiger partial charge is 0.478 e. The van der Waals surface area contributed by atoms with Gasteiger partial charge in [-0.1, -0.05) is 0 Å². The Hall–Kier alpha value is -2.83. The van der Waals surface area contributed by atoms with Crippen LogP contribution >= 0.6 is 0 Å². The van der Waals surface area contributed by atoms with Crippen LogP contribution < -0.4 is 0 Å². The van der Waals surface area contributed by atoms with Gasteiger partial charge in [0.15, 0.2) is 5.58 Å². The van der Waals surface area contributed by atoms with E-state index in [-0.39, 0.29) is 22.6 Å². The number of carboxylic acids is 1. The van der Waals surface area contributed by atoms with Gasteiger partial charge in [0, 0.05) is 12.1 Å². The van der Waals surface area contributed by atoms with E-state index in [1.807, 2.05) is 0 Å². The van der Waals surface area contributed by atoms with Crippen LogP contribution in [0.15, 0.2) is 34.7 Å². The highest BCUT2D eigenvalue weighted by Crippen LogP contribution is 2.29. The SMILES string of the molecule is O=C(O)c1ccc2nc(-c3c(F)cc(F)cc3F)oc2c1. The average Bonchev–Trinajstić information content (AvgIpc) is 2.79. The zero-order valence-corrected chi connectivity index (χ0v) is 10.2. The summed E-state index contributed by atoms with van der Waals surface area (Å²) in [5.74, 6) is -4.93. The summed E-state index contributed by atoms with van der Waals surface area (Å²) in [5.41, 5.74) is -0.360. The van der Waals surface area contributed by atoms with Crippen LogP contribution in [0.5, 0.6) is 0 Å². The minimum atomic E-state index is -1.17. The molecule has 0 spiro atoms. The molecule has 1 N–H and O–H groups in total. The van der Waals surface area contributed by atoms with Crippen LogP contribution in [0.25, 0.3) is 22.6 Å². The number of carboxylic acid groups (broad SMARTS) is 1. The second-order valence-electron chi connectivity index (χ2n) is 4.25. The number of fused-ring (bicyclic) bond motifs is 1. The van der Waals surface area contributed by atoms with E-state index >= 15 is 0 Å². The maximum absolute atomic E-state index is 13.7. The molecular weight excluding hydrogens is 287 g/mol. The van der Waals surface area contributed by atoms with Gasteiger partial charge in [-0.3, -0.25) is 0 Å². The lowest BCUT2D eigenvalue weighted by atomic mass is 10.2. The Balaban J connectivity index is 2.20. The van der Waals surface area contributed by atoms with E-state index in [0.29, 0.717) is 12.1 Å². The molecule has 0 radical (unpaired) electrons. The molecule has 0 bridgehead atoms. The number of benzene rings is 2. The Morgan fingerprint density at radius 2 is 1.76 bits per heavy atom. The quantitative estimate of drug-likeness (QED) is 0.784.